The molecule has 0 fully saturated rings. The minimum atomic E-state index is -0.687. The SMILES string of the molecule is Cc1nc(CC(O)c2cc3cc(Cl)ccc3o2)cs1. The van der Waals surface area contributed by atoms with Crippen LogP contribution in [0.15, 0.2) is 34.1 Å². The molecule has 0 saturated heterocycles. The Hall–Kier alpha value is -1.36. The molecule has 0 spiro atoms. The number of halogens is 1. The van der Waals surface area contributed by atoms with Gasteiger partial charge in [0, 0.05) is 22.2 Å². The molecule has 0 amide bonds. The van der Waals surface area contributed by atoms with Crippen LogP contribution < -0.4 is 0 Å². The maximum Gasteiger partial charge on any atom is 0.134 e. The highest BCUT2D eigenvalue weighted by atomic mass is 35.5. The summed E-state index contributed by atoms with van der Waals surface area (Å²) in [6.45, 7) is 1.95. The van der Waals surface area contributed by atoms with E-state index in [0.29, 0.717) is 17.2 Å². The maximum atomic E-state index is 10.2. The second-order valence-electron chi connectivity index (χ2n) is 4.41. The van der Waals surface area contributed by atoms with Crippen molar-refractivity contribution in [2.75, 3.05) is 0 Å². The minimum absolute atomic E-state index is 0.456. The number of aromatic nitrogens is 1. The average Bonchev–Trinajstić information content (AvgIpc) is 2.95. The molecule has 0 bridgehead atoms. The van der Waals surface area contributed by atoms with Gasteiger partial charge in [-0.05, 0) is 31.2 Å². The van der Waals surface area contributed by atoms with Gasteiger partial charge in [-0.3, -0.25) is 0 Å². The highest BCUT2D eigenvalue weighted by Crippen LogP contribution is 2.28. The summed E-state index contributed by atoms with van der Waals surface area (Å²) >= 11 is 7.51. The lowest BCUT2D eigenvalue weighted by atomic mass is 10.1. The first-order chi connectivity index (χ1) is 9.11. The molecule has 0 radical (unpaired) electrons. The molecule has 0 aliphatic rings. The number of rotatable bonds is 3. The molecular formula is C14H12ClNO2S. The number of furan rings is 1. The molecule has 19 heavy (non-hydrogen) atoms. The summed E-state index contributed by atoms with van der Waals surface area (Å²) in [5.74, 6) is 0.544. The molecule has 2 heterocycles. The van der Waals surface area contributed by atoms with Crippen LogP contribution in [-0.2, 0) is 6.42 Å². The second-order valence-corrected chi connectivity index (χ2v) is 5.91. The monoisotopic (exact) mass is 293 g/mol. The first kappa shape index (κ1) is 12.7. The van der Waals surface area contributed by atoms with E-state index in [1.54, 1.807) is 23.5 Å². The maximum absolute atomic E-state index is 10.2. The molecule has 3 aromatic rings. The number of aryl methyl sites for hydroxylation is 1. The van der Waals surface area contributed by atoms with Gasteiger partial charge >= 0.3 is 0 Å². The first-order valence-corrected chi connectivity index (χ1v) is 7.15. The van der Waals surface area contributed by atoms with E-state index in [9.17, 15) is 5.11 Å². The van der Waals surface area contributed by atoms with Crippen molar-refractivity contribution in [1.29, 1.82) is 0 Å². The van der Waals surface area contributed by atoms with Gasteiger partial charge in [0.25, 0.3) is 0 Å². The van der Waals surface area contributed by atoms with E-state index >= 15 is 0 Å². The number of nitrogens with zero attached hydrogens (tertiary/aromatic N) is 1. The predicted molar refractivity (Wildman–Crippen MR) is 76.7 cm³/mol. The minimum Gasteiger partial charge on any atom is -0.458 e. The smallest absolute Gasteiger partial charge is 0.134 e. The number of fused-ring (bicyclic) bond motifs is 1. The Morgan fingerprint density at radius 2 is 2.26 bits per heavy atom. The van der Waals surface area contributed by atoms with Crippen LogP contribution in [0, 0.1) is 6.92 Å². The lowest BCUT2D eigenvalue weighted by Gasteiger charge is -2.04. The van der Waals surface area contributed by atoms with Crippen molar-refractivity contribution in [3.63, 3.8) is 0 Å². The Balaban J connectivity index is 1.86. The number of aliphatic hydroxyl groups excluding tert-OH is 1. The third-order valence-corrected chi connectivity index (χ3v) is 3.95. The molecule has 3 nitrogen and oxygen atoms in total. The van der Waals surface area contributed by atoms with Crippen LogP contribution in [-0.4, -0.2) is 10.1 Å². The van der Waals surface area contributed by atoms with Gasteiger partial charge in [-0.2, -0.15) is 0 Å². The van der Waals surface area contributed by atoms with E-state index < -0.39 is 6.10 Å². The second kappa shape index (κ2) is 4.96. The van der Waals surface area contributed by atoms with E-state index in [-0.39, 0.29) is 0 Å². The number of benzene rings is 1. The Kier molecular flexibility index (Phi) is 3.31. The third-order valence-electron chi connectivity index (χ3n) is 2.89. The van der Waals surface area contributed by atoms with Crippen molar-refractivity contribution in [3.05, 3.63) is 51.1 Å². The van der Waals surface area contributed by atoms with Crippen molar-refractivity contribution in [2.45, 2.75) is 19.4 Å². The van der Waals surface area contributed by atoms with Crippen molar-refractivity contribution >= 4 is 33.9 Å². The molecule has 0 aliphatic heterocycles. The topological polar surface area (TPSA) is 46.3 Å². The summed E-state index contributed by atoms with van der Waals surface area (Å²) < 4.78 is 5.63. The molecule has 1 N–H and O–H groups in total. The molecule has 1 unspecified atom stereocenters. The van der Waals surface area contributed by atoms with Gasteiger partial charge in [0.2, 0.25) is 0 Å². The Morgan fingerprint density at radius 3 is 3.00 bits per heavy atom. The van der Waals surface area contributed by atoms with Crippen molar-refractivity contribution in [2.24, 2.45) is 0 Å². The fourth-order valence-electron chi connectivity index (χ4n) is 2.00. The molecule has 1 aromatic carbocycles. The standard InChI is InChI=1S/C14H12ClNO2S/c1-8-16-11(7-19-8)6-12(17)14-5-9-4-10(15)2-3-13(9)18-14/h2-5,7,12,17H,6H2,1H3. The lowest BCUT2D eigenvalue weighted by molar-refractivity contribution is 0.151. The third kappa shape index (κ3) is 2.66. The molecule has 1 atom stereocenters. The van der Waals surface area contributed by atoms with E-state index in [4.69, 9.17) is 16.0 Å². The zero-order valence-corrected chi connectivity index (χ0v) is 11.8. The lowest BCUT2D eigenvalue weighted by Crippen LogP contribution is -2.00. The van der Waals surface area contributed by atoms with Gasteiger partial charge < -0.3 is 9.52 Å². The van der Waals surface area contributed by atoms with Crippen molar-refractivity contribution in [3.8, 4) is 0 Å². The van der Waals surface area contributed by atoms with E-state index in [2.05, 4.69) is 4.98 Å². The Labute approximate surface area is 119 Å². The molecule has 2 aromatic heterocycles. The summed E-state index contributed by atoms with van der Waals surface area (Å²) in [5, 5.41) is 14.7. The van der Waals surface area contributed by atoms with Crippen molar-refractivity contribution in [1.82, 2.24) is 4.98 Å². The van der Waals surface area contributed by atoms with Gasteiger partial charge in [0.05, 0.1) is 10.7 Å². The van der Waals surface area contributed by atoms with Crippen LogP contribution in [0.1, 0.15) is 22.6 Å². The summed E-state index contributed by atoms with van der Waals surface area (Å²) in [7, 11) is 0. The summed E-state index contributed by atoms with van der Waals surface area (Å²) in [4.78, 5) is 4.34. The number of hydrogen-bond donors (Lipinski definition) is 1. The quantitative estimate of drug-likeness (QED) is 0.790. The van der Waals surface area contributed by atoms with E-state index in [1.807, 2.05) is 24.4 Å². The Morgan fingerprint density at radius 1 is 1.42 bits per heavy atom. The predicted octanol–water partition coefficient (Wildman–Crippen LogP) is 4.13. The summed E-state index contributed by atoms with van der Waals surface area (Å²) in [6.07, 6.45) is -0.231. The van der Waals surface area contributed by atoms with Gasteiger partial charge in [-0.1, -0.05) is 11.6 Å². The van der Waals surface area contributed by atoms with Gasteiger partial charge in [-0.25, -0.2) is 4.98 Å². The van der Waals surface area contributed by atoms with Crippen LogP contribution in [0.25, 0.3) is 11.0 Å². The van der Waals surface area contributed by atoms with Crippen LogP contribution in [0.5, 0.6) is 0 Å². The number of thiazole rings is 1. The largest absolute Gasteiger partial charge is 0.458 e. The van der Waals surface area contributed by atoms with Gasteiger partial charge in [0.15, 0.2) is 0 Å². The number of hydrogen-bond acceptors (Lipinski definition) is 4. The van der Waals surface area contributed by atoms with Crippen molar-refractivity contribution < 1.29 is 9.52 Å². The molecule has 3 rings (SSSR count). The molecule has 5 heteroatoms. The molecular weight excluding hydrogens is 282 g/mol. The zero-order valence-electron chi connectivity index (χ0n) is 10.3. The Bertz CT molecular complexity index is 719. The fraction of sp³-hybridized carbons (Fsp3) is 0.214. The van der Waals surface area contributed by atoms with Gasteiger partial charge in [0.1, 0.15) is 17.4 Å². The van der Waals surface area contributed by atoms with E-state index in [1.165, 1.54) is 0 Å². The first-order valence-electron chi connectivity index (χ1n) is 5.90. The number of aliphatic hydroxyl groups is 1. The highest BCUT2D eigenvalue weighted by Gasteiger charge is 2.15. The average molecular weight is 294 g/mol. The van der Waals surface area contributed by atoms with Crippen LogP contribution in [0.4, 0.5) is 0 Å². The van der Waals surface area contributed by atoms with E-state index in [0.717, 1.165) is 21.7 Å². The molecule has 0 saturated carbocycles. The fourth-order valence-corrected chi connectivity index (χ4v) is 2.81. The normalized spacial score (nSPS) is 13.0. The summed E-state index contributed by atoms with van der Waals surface area (Å²) in [6, 6.07) is 7.23. The zero-order chi connectivity index (χ0) is 13.4. The van der Waals surface area contributed by atoms with Crippen LogP contribution in [0.3, 0.4) is 0 Å². The highest BCUT2D eigenvalue weighted by molar-refractivity contribution is 7.09. The molecule has 0 aliphatic carbocycles. The van der Waals surface area contributed by atoms with Crippen LogP contribution >= 0.6 is 22.9 Å². The van der Waals surface area contributed by atoms with Crippen LogP contribution in [0.2, 0.25) is 5.02 Å². The van der Waals surface area contributed by atoms with Gasteiger partial charge in [-0.15, -0.1) is 11.3 Å². The molecule has 98 valence electrons. The summed E-state index contributed by atoms with van der Waals surface area (Å²) in [5.41, 5.74) is 1.61.